The maximum Gasteiger partial charge on any atom is 0.0319 e. The van der Waals surface area contributed by atoms with Crippen molar-refractivity contribution in [2.75, 3.05) is 7.11 Å². The lowest BCUT2D eigenvalue weighted by Gasteiger charge is -1.21. The molecule has 0 fully saturated rings. The lowest BCUT2D eigenvalue weighted by Crippen LogP contribution is -1.25. The molecular formula is C6H20BO. The molecule has 0 unspecified atom stereocenters. The first-order valence-corrected chi connectivity index (χ1v) is 2.45. The molecule has 0 aromatic carbocycles. The molecule has 2 heteroatoms. The van der Waals surface area contributed by atoms with E-state index >= 15 is 0 Å². The van der Waals surface area contributed by atoms with Gasteiger partial charge in [0.15, 0.2) is 0 Å². The predicted molar refractivity (Wildman–Crippen MR) is 43.3 cm³/mol. The highest BCUT2D eigenvalue weighted by atomic mass is 16.2. The molecule has 1 nitrogen and oxygen atoms in total. The van der Waals surface area contributed by atoms with Crippen LogP contribution in [0, 0.1) is 0 Å². The van der Waals surface area contributed by atoms with E-state index in [-0.39, 0.29) is 15.8 Å². The fourth-order valence-corrected chi connectivity index (χ4v) is 0. The normalized spacial score (nSPS) is 2.25. The van der Waals surface area contributed by atoms with Gasteiger partial charge in [-0.15, -0.1) is 0 Å². The summed E-state index contributed by atoms with van der Waals surface area (Å²) in [6.07, 6.45) is 0. The average molecular weight is 119 g/mol. The second kappa shape index (κ2) is 410000. The summed E-state index contributed by atoms with van der Waals surface area (Å²) >= 11 is 0. The summed E-state index contributed by atoms with van der Waals surface area (Å²) in [7, 11) is 1.00. The molecule has 1 N–H and O–H groups in total. The van der Waals surface area contributed by atoms with Gasteiger partial charge in [-0.1, -0.05) is 35.1 Å². The number of rotatable bonds is 0. The second-order valence-electron chi connectivity index (χ2n) is 0. The largest absolute Gasteiger partial charge is 0.400 e. The molecule has 0 spiro atoms. The van der Waals surface area contributed by atoms with Gasteiger partial charge >= 0.3 is 0 Å². The van der Waals surface area contributed by atoms with E-state index in [1.807, 2.05) is 27.7 Å². The minimum absolute atomic E-state index is 0. The zero-order chi connectivity index (χ0) is 6.00. The van der Waals surface area contributed by atoms with Crippen LogP contribution in [-0.2, 0) is 0 Å². The van der Waals surface area contributed by atoms with Crippen molar-refractivity contribution in [2.45, 2.75) is 35.1 Å². The van der Waals surface area contributed by atoms with Crippen molar-refractivity contribution >= 4 is 8.41 Å². The lowest BCUT2D eigenvalue weighted by molar-refractivity contribution is 0.399. The summed E-state index contributed by atoms with van der Waals surface area (Å²) in [5, 5.41) is 7.00. The molecule has 0 aliphatic carbocycles. The lowest BCUT2D eigenvalue weighted by atomic mass is 10.8. The van der Waals surface area contributed by atoms with Crippen molar-refractivity contribution in [3.8, 4) is 0 Å². The van der Waals surface area contributed by atoms with Crippen LogP contribution in [0.1, 0.15) is 35.1 Å². The van der Waals surface area contributed by atoms with Crippen LogP contribution in [0.15, 0.2) is 0 Å². The van der Waals surface area contributed by atoms with Crippen LogP contribution in [-0.4, -0.2) is 20.6 Å². The Hall–Kier alpha value is 0.0249. The number of aliphatic hydroxyl groups excluding tert-OH is 1. The maximum atomic E-state index is 7.00. The molecule has 0 aliphatic rings. The average Bonchev–Trinajstić information content (AvgIpc) is 1.81. The number of hydrogen-bond donors (Lipinski definition) is 1. The van der Waals surface area contributed by atoms with Crippen LogP contribution in [0.3, 0.4) is 0 Å². The van der Waals surface area contributed by atoms with E-state index in [9.17, 15) is 0 Å². The second-order valence-corrected chi connectivity index (χ2v) is 0. The Labute approximate surface area is 56.7 Å². The molecule has 0 saturated carbocycles. The molecule has 0 atom stereocenters. The highest BCUT2D eigenvalue weighted by Gasteiger charge is 0.934. The highest BCUT2D eigenvalue weighted by molar-refractivity contribution is 5.75. The summed E-state index contributed by atoms with van der Waals surface area (Å²) in [6.45, 7) is 8.00. The minimum Gasteiger partial charge on any atom is -0.400 e. The molecule has 8 heavy (non-hydrogen) atoms. The van der Waals surface area contributed by atoms with Crippen molar-refractivity contribution in [2.24, 2.45) is 0 Å². The Morgan fingerprint density at radius 2 is 0.750 bits per heavy atom. The van der Waals surface area contributed by atoms with Gasteiger partial charge in [-0.25, -0.2) is 0 Å². The first kappa shape index (κ1) is 43.3. The van der Waals surface area contributed by atoms with E-state index in [2.05, 4.69) is 0 Å². The number of hydrogen-bond acceptors (Lipinski definition) is 1. The van der Waals surface area contributed by atoms with Crippen molar-refractivity contribution in [1.29, 1.82) is 0 Å². The Balaban J connectivity index is -0.00000000500. The molecule has 3 radical (unpaired) electrons. The third kappa shape index (κ3) is 245000. The summed E-state index contributed by atoms with van der Waals surface area (Å²) in [4.78, 5) is 0. The molecule has 53 valence electrons. The quantitative estimate of drug-likeness (QED) is 0.483. The fourth-order valence-electron chi connectivity index (χ4n) is 0. The zero-order valence-corrected chi connectivity index (χ0v) is 6.02. The van der Waals surface area contributed by atoms with E-state index < -0.39 is 0 Å². The van der Waals surface area contributed by atoms with E-state index in [1.165, 1.54) is 0 Å². The molecule has 0 aromatic heterocycles. The summed E-state index contributed by atoms with van der Waals surface area (Å²) in [6, 6.07) is 0. The van der Waals surface area contributed by atoms with Crippen LogP contribution in [0.25, 0.3) is 0 Å². The van der Waals surface area contributed by atoms with Gasteiger partial charge in [-0.3, -0.25) is 0 Å². The molecular weight excluding hydrogens is 98.9 g/mol. The van der Waals surface area contributed by atoms with Crippen molar-refractivity contribution in [3.05, 3.63) is 0 Å². The van der Waals surface area contributed by atoms with Gasteiger partial charge in [-0.2, -0.15) is 0 Å². The molecule has 0 rings (SSSR count). The first-order chi connectivity index (χ1) is 3.00. The smallest absolute Gasteiger partial charge is 0.0319 e. The SMILES string of the molecule is C.CC.CC.CO.[B]. The van der Waals surface area contributed by atoms with Crippen molar-refractivity contribution < 1.29 is 5.11 Å². The third-order valence-electron chi connectivity index (χ3n) is 0. The zero-order valence-electron chi connectivity index (χ0n) is 6.02. The predicted octanol–water partition coefficient (Wildman–Crippen LogP) is 1.92. The Morgan fingerprint density at radius 3 is 0.750 bits per heavy atom. The molecule has 0 bridgehead atoms. The Bertz CT molecular complexity index is 8.49. The molecule has 0 aromatic rings. The van der Waals surface area contributed by atoms with Gasteiger partial charge in [0.25, 0.3) is 0 Å². The van der Waals surface area contributed by atoms with Crippen LogP contribution >= 0.6 is 0 Å². The highest BCUT2D eigenvalue weighted by Crippen LogP contribution is 1.15. The molecule has 0 amide bonds. The van der Waals surface area contributed by atoms with Gasteiger partial charge in [0.1, 0.15) is 0 Å². The molecule has 0 saturated heterocycles. The van der Waals surface area contributed by atoms with E-state index in [1.54, 1.807) is 0 Å². The summed E-state index contributed by atoms with van der Waals surface area (Å²) < 4.78 is 0. The van der Waals surface area contributed by atoms with E-state index in [0.717, 1.165) is 7.11 Å². The van der Waals surface area contributed by atoms with Crippen LogP contribution in [0.2, 0.25) is 0 Å². The van der Waals surface area contributed by atoms with Gasteiger partial charge < -0.3 is 5.11 Å². The Morgan fingerprint density at radius 1 is 0.750 bits per heavy atom. The first-order valence-electron chi connectivity index (χ1n) is 2.45. The van der Waals surface area contributed by atoms with Gasteiger partial charge in [0, 0.05) is 15.5 Å². The van der Waals surface area contributed by atoms with Crippen LogP contribution in [0.5, 0.6) is 0 Å². The number of aliphatic hydroxyl groups is 1. The molecule has 0 aliphatic heterocycles. The standard InChI is InChI=1S/2C2H6.CH4O.CH4.B/c3*1-2;;/h2*1-2H3;2H,1H3;1H4;. The van der Waals surface area contributed by atoms with Gasteiger partial charge in [0.05, 0.1) is 0 Å². The maximum absolute atomic E-state index is 7.00. The fraction of sp³-hybridized carbons (Fsp3) is 1.00. The van der Waals surface area contributed by atoms with E-state index in [0.29, 0.717) is 0 Å². The monoisotopic (exact) mass is 119 g/mol. The van der Waals surface area contributed by atoms with Gasteiger partial charge in [-0.05, 0) is 0 Å². The summed E-state index contributed by atoms with van der Waals surface area (Å²) in [5.41, 5.74) is 0. The topological polar surface area (TPSA) is 20.2 Å². The molecule has 0 heterocycles. The third-order valence-corrected chi connectivity index (χ3v) is 0. The van der Waals surface area contributed by atoms with Crippen LogP contribution in [0.4, 0.5) is 0 Å². The van der Waals surface area contributed by atoms with Crippen molar-refractivity contribution in [3.63, 3.8) is 0 Å². The minimum atomic E-state index is 0. The Kier molecular flexibility index (Phi) is 2220000. The van der Waals surface area contributed by atoms with Crippen molar-refractivity contribution in [1.82, 2.24) is 0 Å². The van der Waals surface area contributed by atoms with Gasteiger partial charge in [0.2, 0.25) is 0 Å². The van der Waals surface area contributed by atoms with E-state index in [4.69, 9.17) is 5.11 Å². The van der Waals surface area contributed by atoms with Crippen LogP contribution < -0.4 is 0 Å². The summed E-state index contributed by atoms with van der Waals surface area (Å²) in [5.74, 6) is 0.